The number of amides is 1. The molecule has 4 rings (SSSR count). The van der Waals surface area contributed by atoms with Crippen molar-refractivity contribution in [2.24, 2.45) is 0 Å². The molecular weight excluding hydrogens is 422 g/mol. The molecule has 1 aliphatic heterocycles. The van der Waals surface area contributed by atoms with E-state index in [1.54, 1.807) is 12.1 Å². The number of para-hydroxylation sites is 2. The van der Waals surface area contributed by atoms with E-state index in [0.29, 0.717) is 29.1 Å². The molecule has 3 aromatic rings. The first-order valence-electron chi connectivity index (χ1n) is 9.65. The van der Waals surface area contributed by atoms with Gasteiger partial charge in [0, 0.05) is 13.1 Å². The number of nitrogens with zero attached hydrogens (tertiary/aromatic N) is 4. The molecule has 1 fully saturated rings. The second kappa shape index (κ2) is 9.51. The highest BCUT2D eigenvalue weighted by Crippen LogP contribution is 2.29. The quantitative estimate of drug-likeness (QED) is 0.584. The van der Waals surface area contributed by atoms with E-state index in [1.165, 1.54) is 11.8 Å². The molecular formula is C21H22ClN5O2S. The van der Waals surface area contributed by atoms with Crippen LogP contribution in [0.2, 0.25) is 5.02 Å². The van der Waals surface area contributed by atoms with Crippen molar-refractivity contribution < 1.29 is 9.53 Å². The lowest BCUT2D eigenvalue weighted by molar-refractivity contribution is -0.113. The number of morpholine rings is 1. The van der Waals surface area contributed by atoms with Crippen LogP contribution in [-0.2, 0) is 9.53 Å². The molecule has 1 amide bonds. The molecule has 0 spiro atoms. The van der Waals surface area contributed by atoms with E-state index in [4.69, 9.17) is 16.3 Å². The molecule has 0 radical (unpaired) electrons. The summed E-state index contributed by atoms with van der Waals surface area (Å²) in [5.74, 6) is 0.806. The van der Waals surface area contributed by atoms with Gasteiger partial charge in [-0.25, -0.2) is 0 Å². The third-order valence-electron chi connectivity index (χ3n) is 4.75. The van der Waals surface area contributed by atoms with Crippen LogP contribution in [0, 0.1) is 6.92 Å². The normalized spacial score (nSPS) is 14.0. The molecule has 2 aromatic carbocycles. The van der Waals surface area contributed by atoms with Gasteiger partial charge >= 0.3 is 0 Å². The summed E-state index contributed by atoms with van der Waals surface area (Å²) in [5, 5.41) is 12.9. The molecule has 1 aliphatic rings. The van der Waals surface area contributed by atoms with Crippen molar-refractivity contribution >= 4 is 40.9 Å². The molecule has 9 heteroatoms. The van der Waals surface area contributed by atoms with Gasteiger partial charge in [0.15, 0.2) is 5.16 Å². The first-order valence-corrected chi connectivity index (χ1v) is 11.0. The van der Waals surface area contributed by atoms with Crippen LogP contribution in [0.3, 0.4) is 0 Å². The minimum atomic E-state index is -0.152. The van der Waals surface area contributed by atoms with Gasteiger partial charge in [-0.05, 0) is 30.7 Å². The Morgan fingerprint density at radius 3 is 2.63 bits per heavy atom. The van der Waals surface area contributed by atoms with E-state index in [-0.39, 0.29) is 11.7 Å². The van der Waals surface area contributed by atoms with Crippen LogP contribution in [0.4, 0.5) is 11.6 Å². The van der Waals surface area contributed by atoms with E-state index in [9.17, 15) is 4.79 Å². The molecule has 1 N–H and O–H groups in total. The van der Waals surface area contributed by atoms with E-state index in [0.717, 1.165) is 30.3 Å². The van der Waals surface area contributed by atoms with Crippen LogP contribution in [-0.4, -0.2) is 52.7 Å². The summed E-state index contributed by atoms with van der Waals surface area (Å²) in [6, 6.07) is 15.3. The number of nitrogens with one attached hydrogen (secondary N) is 1. The number of halogens is 1. The van der Waals surface area contributed by atoms with Gasteiger partial charge in [0.05, 0.1) is 35.4 Å². The molecule has 30 heavy (non-hydrogen) atoms. The fraction of sp³-hybridized carbons (Fsp3) is 0.286. The highest BCUT2D eigenvalue weighted by Gasteiger charge is 2.23. The number of hydrogen-bond acceptors (Lipinski definition) is 6. The SMILES string of the molecule is Cc1ccccc1-n1c(SCC(=O)Nc2ccccc2Cl)nnc1N1CCOCC1. The molecule has 2 heterocycles. The Labute approximate surface area is 184 Å². The predicted molar refractivity (Wildman–Crippen MR) is 120 cm³/mol. The zero-order valence-electron chi connectivity index (χ0n) is 16.5. The van der Waals surface area contributed by atoms with Crippen LogP contribution < -0.4 is 10.2 Å². The number of thioether (sulfide) groups is 1. The van der Waals surface area contributed by atoms with Gasteiger partial charge < -0.3 is 15.0 Å². The number of carbonyl (C=O) groups excluding carboxylic acids is 1. The second-order valence-electron chi connectivity index (χ2n) is 6.82. The van der Waals surface area contributed by atoms with Gasteiger partial charge in [0.2, 0.25) is 11.9 Å². The second-order valence-corrected chi connectivity index (χ2v) is 8.17. The summed E-state index contributed by atoms with van der Waals surface area (Å²) >= 11 is 7.48. The van der Waals surface area contributed by atoms with Crippen molar-refractivity contribution in [1.82, 2.24) is 14.8 Å². The van der Waals surface area contributed by atoms with Gasteiger partial charge in [0.25, 0.3) is 0 Å². The van der Waals surface area contributed by atoms with E-state index in [1.807, 2.05) is 34.9 Å². The molecule has 156 valence electrons. The number of anilines is 2. The number of aryl methyl sites for hydroxylation is 1. The molecule has 0 bridgehead atoms. The Hall–Kier alpha value is -2.55. The zero-order chi connectivity index (χ0) is 20.9. The molecule has 7 nitrogen and oxygen atoms in total. The Bertz CT molecular complexity index is 1040. The summed E-state index contributed by atoms with van der Waals surface area (Å²) in [6.45, 7) is 4.87. The number of hydrogen-bond donors (Lipinski definition) is 1. The van der Waals surface area contributed by atoms with E-state index < -0.39 is 0 Å². The monoisotopic (exact) mass is 443 g/mol. The highest BCUT2D eigenvalue weighted by atomic mass is 35.5. The largest absolute Gasteiger partial charge is 0.378 e. The van der Waals surface area contributed by atoms with Crippen molar-refractivity contribution in [3.8, 4) is 5.69 Å². The average Bonchev–Trinajstić information content (AvgIpc) is 3.18. The number of rotatable bonds is 6. The van der Waals surface area contributed by atoms with Crippen LogP contribution in [0.5, 0.6) is 0 Å². The van der Waals surface area contributed by atoms with Gasteiger partial charge in [-0.1, -0.05) is 53.7 Å². The Balaban J connectivity index is 1.57. The summed E-state index contributed by atoms with van der Waals surface area (Å²) in [4.78, 5) is 14.6. The lowest BCUT2D eigenvalue weighted by Crippen LogP contribution is -2.38. The third-order valence-corrected chi connectivity index (χ3v) is 6.01. The van der Waals surface area contributed by atoms with E-state index >= 15 is 0 Å². The molecule has 0 atom stereocenters. The topological polar surface area (TPSA) is 72.3 Å². The van der Waals surface area contributed by atoms with Gasteiger partial charge in [-0.2, -0.15) is 0 Å². The summed E-state index contributed by atoms with van der Waals surface area (Å²) in [5.41, 5.74) is 2.70. The van der Waals surface area contributed by atoms with Crippen LogP contribution >= 0.6 is 23.4 Å². The minimum absolute atomic E-state index is 0.152. The summed E-state index contributed by atoms with van der Waals surface area (Å²) in [7, 11) is 0. The molecule has 0 unspecified atom stereocenters. The summed E-state index contributed by atoms with van der Waals surface area (Å²) in [6.07, 6.45) is 0. The Morgan fingerprint density at radius 1 is 1.13 bits per heavy atom. The highest BCUT2D eigenvalue weighted by molar-refractivity contribution is 7.99. The fourth-order valence-corrected chi connectivity index (χ4v) is 4.15. The van der Waals surface area contributed by atoms with Crippen molar-refractivity contribution in [2.75, 3.05) is 42.3 Å². The zero-order valence-corrected chi connectivity index (χ0v) is 18.1. The van der Waals surface area contributed by atoms with Gasteiger partial charge in [-0.3, -0.25) is 9.36 Å². The lowest BCUT2D eigenvalue weighted by atomic mass is 10.2. The number of benzene rings is 2. The van der Waals surface area contributed by atoms with E-state index in [2.05, 4.69) is 33.4 Å². The maximum atomic E-state index is 12.5. The van der Waals surface area contributed by atoms with Crippen LogP contribution in [0.1, 0.15) is 5.56 Å². The third kappa shape index (κ3) is 4.61. The summed E-state index contributed by atoms with van der Waals surface area (Å²) < 4.78 is 7.50. The average molecular weight is 444 g/mol. The van der Waals surface area contributed by atoms with Crippen molar-refractivity contribution in [3.05, 3.63) is 59.1 Å². The van der Waals surface area contributed by atoms with Crippen LogP contribution in [0.25, 0.3) is 5.69 Å². The Morgan fingerprint density at radius 2 is 1.87 bits per heavy atom. The molecule has 0 saturated carbocycles. The first-order chi connectivity index (χ1) is 14.6. The number of aromatic nitrogens is 3. The Kier molecular flexibility index (Phi) is 6.56. The molecule has 0 aliphatic carbocycles. The smallest absolute Gasteiger partial charge is 0.234 e. The first kappa shape index (κ1) is 20.7. The fourth-order valence-electron chi connectivity index (χ4n) is 3.23. The number of ether oxygens (including phenoxy) is 1. The molecule has 1 aromatic heterocycles. The van der Waals surface area contributed by atoms with Crippen molar-refractivity contribution in [3.63, 3.8) is 0 Å². The van der Waals surface area contributed by atoms with Gasteiger partial charge in [-0.15, -0.1) is 10.2 Å². The maximum Gasteiger partial charge on any atom is 0.234 e. The predicted octanol–water partition coefficient (Wildman–Crippen LogP) is 3.80. The minimum Gasteiger partial charge on any atom is -0.378 e. The molecule has 1 saturated heterocycles. The maximum absolute atomic E-state index is 12.5. The van der Waals surface area contributed by atoms with Crippen LogP contribution in [0.15, 0.2) is 53.7 Å². The van der Waals surface area contributed by atoms with Crippen molar-refractivity contribution in [1.29, 1.82) is 0 Å². The standard InChI is InChI=1S/C21H22ClN5O2S/c1-15-6-2-5-9-18(15)27-20(26-10-12-29-13-11-26)24-25-21(27)30-14-19(28)23-17-8-4-3-7-16(17)22/h2-9H,10-14H2,1H3,(H,23,28). The lowest BCUT2D eigenvalue weighted by Gasteiger charge is -2.28. The van der Waals surface area contributed by atoms with Gasteiger partial charge in [0.1, 0.15) is 0 Å². The number of carbonyl (C=O) groups is 1. The van der Waals surface area contributed by atoms with Crippen molar-refractivity contribution in [2.45, 2.75) is 12.1 Å².